The van der Waals surface area contributed by atoms with Gasteiger partial charge in [0.05, 0.1) is 0 Å². The number of hydrogen-bond acceptors (Lipinski definition) is 1. The number of unbranched alkanes of at least 4 members (excludes halogenated alkanes) is 2. The molecule has 0 rings (SSSR count). The predicted molar refractivity (Wildman–Crippen MR) is 60.7 cm³/mol. The first-order chi connectivity index (χ1) is 6.13. The normalized spacial score (nSPS) is 16.2. The second kappa shape index (κ2) is 7.37. The molecule has 0 aliphatic rings. The van der Waals surface area contributed by atoms with Gasteiger partial charge in [0, 0.05) is 6.04 Å². The third-order valence-electron chi connectivity index (χ3n) is 3.02. The quantitative estimate of drug-likeness (QED) is 0.603. The molecule has 2 N–H and O–H groups in total. The van der Waals surface area contributed by atoms with E-state index in [-0.39, 0.29) is 0 Å². The molecule has 0 fully saturated rings. The van der Waals surface area contributed by atoms with Gasteiger partial charge in [-0.05, 0) is 18.3 Å². The molecule has 1 nitrogen and oxygen atoms in total. The molecule has 0 spiro atoms. The van der Waals surface area contributed by atoms with Gasteiger partial charge in [0.2, 0.25) is 0 Å². The Hall–Kier alpha value is -0.0400. The molecule has 1 heteroatoms. The minimum atomic E-state index is 0.427. The van der Waals surface area contributed by atoms with Gasteiger partial charge in [0.1, 0.15) is 0 Å². The summed E-state index contributed by atoms with van der Waals surface area (Å²) in [6.07, 6.45) is 6.38. The lowest BCUT2D eigenvalue weighted by Crippen LogP contribution is -2.32. The summed E-state index contributed by atoms with van der Waals surface area (Å²) in [6, 6.07) is 0.427. The van der Waals surface area contributed by atoms with Gasteiger partial charge < -0.3 is 5.73 Å². The van der Waals surface area contributed by atoms with Crippen molar-refractivity contribution in [3.63, 3.8) is 0 Å². The molecule has 0 heterocycles. The Morgan fingerprint density at radius 2 is 1.69 bits per heavy atom. The first kappa shape index (κ1) is 13.0. The van der Waals surface area contributed by atoms with Crippen molar-refractivity contribution < 1.29 is 0 Å². The largest absolute Gasteiger partial charge is 0.327 e. The summed E-state index contributed by atoms with van der Waals surface area (Å²) in [4.78, 5) is 0. The molecular weight excluding hydrogens is 158 g/mol. The van der Waals surface area contributed by atoms with Crippen LogP contribution in [0.5, 0.6) is 0 Å². The van der Waals surface area contributed by atoms with E-state index in [2.05, 4.69) is 27.7 Å². The van der Waals surface area contributed by atoms with Crippen LogP contribution in [0.3, 0.4) is 0 Å². The lowest BCUT2D eigenvalue weighted by molar-refractivity contribution is 0.292. The van der Waals surface area contributed by atoms with Crippen molar-refractivity contribution in [1.82, 2.24) is 0 Å². The topological polar surface area (TPSA) is 26.0 Å². The fourth-order valence-corrected chi connectivity index (χ4v) is 2.11. The van der Waals surface area contributed by atoms with Gasteiger partial charge >= 0.3 is 0 Å². The first-order valence-electron chi connectivity index (χ1n) is 5.89. The van der Waals surface area contributed by atoms with Gasteiger partial charge in [-0.2, -0.15) is 0 Å². The molecule has 0 aromatic rings. The van der Waals surface area contributed by atoms with E-state index in [0.717, 1.165) is 11.8 Å². The van der Waals surface area contributed by atoms with Crippen molar-refractivity contribution in [3.8, 4) is 0 Å². The fourth-order valence-electron chi connectivity index (χ4n) is 2.11. The SMILES string of the molecule is CCCCCC(N)C(CC)C(C)C. The van der Waals surface area contributed by atoms with Gasteiger partial charge in [0.15, 0.2) is 0 Å². The highest BCUT2D eigenvalue weighted by molar-refractivity contribution is 4.74. The first-order valence-corrected chi connectivity index (χ1v) is 5.89. The van der Waals surface area contributed by atoms with Crippen molar-refractivity contribution in [3.05, 3.63) is 0 Å². The Morgan fingerprint density at radius 1 is 1.08 bits per heavy atom. The highest BCUT2D eigenvalue weighted by Gasteiger charge is 2.18. The maximum atomic E-state index is 6.17. The standard InChI is InChI=1S/C12H27N/c1-5-7-8-9-12(13)11(6-2)10(3)4/h10-12H,5-9,13H2,1-4H3. The van der Waals surface area contributed by atoms with Crippen molar-refractivity contribution in [2.45, 2.75) is 65.8 Å². The molecule has 0 aliphatic heterocycles. The van der Waals surface area contributed by atoms with E-state index in [1.54, 1.807) is 0 Å². The summed E-state index contributed by atoms with van der Waals surface area (Å²) in [7, 11) is 0. The number of rotatable bonds is 7. The number of nitrogens with two attached hydrogens (primary N) is 1. The third kappa shape index (κ3) is 5.30. The molecule has 2 unspecified atom stereocenters. The van der Waals surface area contributed by atoms with Crippen LogP contribution in [0, 0.1) is 11.8 Å². The molecule has 0 saturated carbocycles. The third-order valence-corrected chi connectivity index (χ3v) is 3.02. The fraction of sp³-hybridized carbons (Fsp3) is 1.00. The van der Waals surface area contributed by atoms with Crippen LogP contribution >= 0.6 is 0 Å². The average Bonchev–Trinajstić information content (AvgIpc) is 2.05. The molecule has 0 bridgehead atoms. The minimum Gasteiger partial charge on any atom is -0.327 e. The van der Waals surface area contributed by atoms with Gasteiger partial charge in [0.25, 0.3) is 0 Å². The van der Waals surface area contributed by atoms with Gasteiger partial charge in [-0.3, -0.25) is 0 Å². The molecule has 0 amide bonds. The van der Waals surface area contributed by atoms with Crippen molar-refractivity contribution in [1.29, 1.82) is 0 Å². The lowest BCUT2D eigenvalue weighted by Gasteiger charge is -2.26. The second-order valence-corrected chi connectivity index (χ2v) is 4.48. The van der Waals surface area contributed by atoms with E-state index < -0.39 is 0 Å². The Balaban J connectivity index is 3.70. The molecule has 2 atom stereocenters. The molecule has 13 heavy (non-hydrogen) atoms. The van der Waals surface area contributed by atoms with Gasteiger partial charge in [-0.25, -0.2) is 0 Å². The van der Waals surface area contributed by atoms with Gasteiger partial charge in [-0.15, -0.1) is 0 Å². The van der Waals surface area contributed by atoms with E-state index >= 15 is 0 Å². The van der Waals surface area contributed by atoms with E-state index in [0.29, 0.717) is 6.04 Å². The maximum Gasteiger partial charge on any atom is 0.00695 e. The molecule has 80 valence electrons. The average molecular weight is 185 g/mol. The van der Waals surface area contributed by atoms with E-state index in [9.17, 15) is 0 Å². The highest BCUT2D eigenvalue weighted by Crippen LogP contribution is 2.21. The Morgan fingerprint density at radius 3 is 2.08 bits per heavy atom. The van der Waals surface area contributed by atoms with Crippen LogP contribution in [-0.4, -0.2) is 6.04 Å². The van der Waals surface area contributed by atoms with Crippen LogP contribution in [-0.2, 0) is 0 Å². The molecule has 0 saturated heterocycles. The van der Waals surface area contributed by atoms with Crippen LogP contribution in [0.4, 0.5) is 0 Å². The predicted octanol–water partition coefficient (Wildman–Crippen LogP) is 3.58. The number of hydrogen-bond donors (Lipinski definition) is 1. The van der Waals surface area contributed by atoms with Crippen LogP contribution < -0.4 is 5.73 Å². The summed E-state index contributed by atoms with van der Waals surface area (Å²) in [5.41, 5.74) is 6.17. The van der Waals surface area contributed by atoms with Crippen LogP contribution in [0.15, 0.2) is 0 Å². The summed E-state index contributed by atoms with van der Waals surface area (Å²) in [5, 5.41) is 0. The van der Waals surface area contributed by atoms with Crippen LogP contribution in [0.25, 0.3) is 0 Å². The molecule has 0 aliphatic carbocycles. The highest BCUT2D eigenvalue weighted by atomic mass is 14.6. The summed E-state index contributed by atoms with van der Waals surface area (Å²) in [6.45, 7) is 9.07. The summed E-state index contributed by atoms with van der Waals surface area (Å²) in [5.74, 6) is 1.46. The molecular formula is C12H27N. The van der Waals surface area contributed by atoms with Crippen molar-refractivity contribution in [2.24, 2.45) is 17.6 Å². The lowest BCUT2D eigenvalue weighted by atomic mass is 9.84. The Kier molecular flexibility index (Phi) is 7.35. The van der Waals surface area contributed by atoms with Gasteiger partial charge in [-0.1, -0.05) is 53.4 Å². The second-order valence-electron chi connectivity index (χ2n) is 4.48. The van der Waals surface area contributed by atoms with Crippen LogP contribution in [0.2, 0.25) is 0 Å². The molecule has 0 aromatic carbocycles. The minimum absolute atomic E-state index is 0.427. The Labute approximate surface area is 84.1 Å². The van der Waals surface area contributed by atoms with E-state index in [1.165, 1.54) is 32.1 Å². The van der Waals surface area contributed by atoms with E-state index in [1.807, 2.05) is 0 Å². The van der Waals surface area contributed by atoms with Crippen molar-refractivity contribution in [2.75, 3.05) is 0 Å². The van der Waals surface area contributed by atoms with E-state index in [4.69, 9.17) is 5.73 Å². The smallest absolute Gasteiger partial charge is 0.00695 e. The monoisotopic (exact) mass is 185 g/mol. The summed E-state index contributed by atoms with van der Waals surface area (Å²) < 4.78 is 0. The molecule has 0 radical (unpaired) electrons. The zero-order valence-electron chi connectivity index (χ0n) is 9.84. The van der Waals surface area contributed by atoms with Crippen molar-refractivity contribution >= 4 is 0 Å². The summed E-state index contributed by atoms with van der Waals surface area (Å²) >= 11 is 0. The zero-order chi connectivity index (χ0) is 10.3. The molecule has 0 aromatic heterocycles. The maximum absolute atomic E-state index is 6.17. The van der Waals surface area contributed by atoms with Crippen LogP contribution in [0.1, 0.15) is 59.8 Å². The zero-order valence-corrected chi connectivity index (χ0v) is 9.84. The Bertz CT molecular complexity index is 110.